The van der Waals surface area contributed by atoms with Crippen LogP contribution in [0.3, 0.4) is 0 Å². The molecule has 0 radical (unpaired) electrons. The lowest BCUT2D eigenvalue weighted by atomic mass is 9.79. The Hall–Kier alpha value is -2.48. The Labute approximate surface area is 166 Å². The minimum atomic E-state index is -4.60. The molecule has 0 fully saturated rings. The van der Waals surface area contributed by atoms with Gasteiger partial charge in [0, 0.05) is 43.6 Å². The second-order valence-electron chi connectivity index (χ2n) is 7.08. The van der Waals surface area contributed by atoms with E-state index in [0.717, 1.165) is 36.1 Å². The number of fused-ring (bicyclic) bond motifs is 1. The number of halogens is 4. The molecular formula is C21H22F4N2O2. The number of carbonyl (C=O) groups excluding carboxylic acids is 1. The first-order valence-corrected chi connectivity index (χ1v) is 9.40. The standard InChI is InChI=1S/C21H22F4N2O2/c1-29-8-7-27-20(28)9-13-3-2-4-15-17(13)11-26-12-18(15)16-6-5-14(10-19(16)22)21(23,24)25/h5-6,10-13H,2-4,7-9H2,1H3,(H,27,28). The van der Waals surface area contributed by atoms with Crippen molar-refractivity contribution in [1.82, 2.24) is 10.3 Å². The second-order valence-corrected chi connectivity index (χ2v) is 7.08. The van der Waals surface area contributed by atoms with Gasteiger partial charge in [-0.2, -0.15) is 13.2 Å². The van der Waals surface area contributed by atoms with E-state index >= 15 is 0 Å². The molecule has 3 rings (SSSR count). The normalized spacial score (nSPS) is 16.4. The number of alkyl halides is 3. The molecule has 0 spiro atoms. The van der Waals surface area contributed by atoms with Gasteiger partial charge < -0.3 is 10.1 Å². The molecule has 1 heterocycles. The van der Waals surface area contributed by atoms with Crippen molar-refractivity contribution in [2.24, 2.45) is 0 Å². The summed E-state index contributed by atoms with van der Waals surface area (Å²) in [6, 6.07) is 2.54. The van der Waals surface area contributed by atoms with Crippen LogP contribution in [0, 0.1) is 5.82 Å². The largest absolute Gasteiger partial charge is 0.416 e. The topological polar surface area (TPSA) is 51.2 Å². The summed E-state index contributed by atoms with van der Waals surface area (Å²) >= 11 is 0. The smallest absolute Gasteiger partial charge is 0.383 e. The van der Waals surface area contributed by atoms with Crippen molar-refractivity contribution in [3.63, 3.8) is 0 Å². The molecule has 0 aliphatic heterocycles. The summed E-state index contributed by atoms with van der Waals surface area (Å²) in [4.78, 5) is 16.4. The van der Waals surface area contributed by atoms with Gasteiger partial charge in [-0.1, -0.05) is 6.07 Å². The molecule has 8 heteroatoms. The monoisotopic (exact) mass is 410 g/mol. The van der Waals surface area contributed by atoms with Crippen LogP contribution in [0.1, 0.15) is 41.9 Å². The fourth-order valence-corrected chi connectivity index (χ4v) is 3.76. The Kier molecular flexibility index (Phi) is 6.52. The lowest BCUT2D eigenvalue weighted by Crippen LogP contribution is -2.29. The zero-order chi connectivity index (χ0) is 21.0. The van der Waals surface area contributed by atoms with Crippen molar-refractivity contribution in [2.75, 3.05) is 20.3 Å². The summed E-state index contributed by atoms with van der Waals surface area (Å²) in [7, 11) is 1.55. The molecule has 0 saturated heterocycles. The zero-order valence-corrected chi connectivity index (χ0v) is 16.0. The molecule has 156 valence electrons. The maximum absolute atomic E-state index is 14.5. The van der Waals surface area contributed by atoms with Crippen LogP contribution in [-0.4, -0.2) is 31.2 Å². The van der Waals surface area contributed by atoms with Crippen LogP contribution in [0.2, 0.25) is 0 Å². The van der Waals surface area contributed by atoms with Gasteiger partial charge in [0.1, 0.15) is 5.82 Å². The second kappa shape index (κ2) is 8.90. The van der Waals surface area contributed by atoms with Crippen LogP contribution < -0.4 is 5.32 Å². The summed E-state index contributed by atoms with van der Waals surface area (Å²) in [6.07, 6.45) is 1.09. The number of methoxy groups -OCH3 is 1. The van der Waals surface area contributed by atoms with E-state index in [4.69, 9.17) is 4.74 Å². The summed E-state index contributed by atoms with van der Waals surface area (Å²) in [5.74, 6) is -1.10. The van der Waals surface area contributed by atoms with Crippen LogP contribution in [0.5, 0.6) is 0 Å². The van der Waals surface area contributed by atoms with Crippen molar-refractivity contribution in [1.29, 1.82) is 0 Å². The molecule has 2 aromatic rings. The zero-order valence-electron chi connectivity index (χ0n) is 16.0. The third kappa shape index (κ3) is 4.93. The Morgan fingerprint density at radius 1 is 1.28 bits per heavy atom. The van der Waals surface area contributed by atoms with Gasteiger partial charge in [-0.05, 0) is 48.4 Å². The molecule has 29 heavy (non-hydrogen) atoms. The fourth-order valence-electron chi connectivity index (χ4n) is 3.76. The molecule has 4 nitrogen and oxygen atoms in total. The number of nitrogens with one attached hydrogen (secondary N) is 1. The summed E-state index contributed by atoms with van der Waals surface area (Å²) in [6.45, 7) is 0.843. The van der Waals surface area contributed by atoms with E-state index in [-0.39, 0.29) is 23.8 Å². The van der Waals surface area contributed by atoms with Crippen LogP contribution >= 0.6 is 0 Å². The van der Waals surface area contributed by atoms with Gasteiger partial charge >= 0.3 is 6.18 Å². The van der Waals surface area contributed by atoms with Gasteiger partial charge in [-0.25, -0.2) is 4.39 Å². The number of pyridine rings is 1. The predicted molar refractivity (Wildman–Crippen MR) is 99.8 cm³/mol. The molecule has 1 aliphatic rings. The molecule has 1 unspecified atom stereocenters. The first-order chi connectivity index (χ1) is 13.8. The number of amides is 1. The highest BCUT2D eigenvalue weighted by Crippen LogP contribution is 2.40. The predicted octanol–water partition coefficient (Wildman–Crippen LogP) is 4.48. The molecule has 1 aromatic carbocycles. The summed E-state index contributed by atoms with van der Waals surface area (Å²) in [5.41, 5.74) is 1.25. The van der Waals surface area contributed by atoms with E-state index in [9.17, 15) is 22.4 Å². The van der Waals surface area contributed by atoms with E-state index in [1.54, 1.807) is 13.3 Å². The number of carbonyl (C=O) groups is 1. The van der Waals surface area contributed by atoms with Gasteiger partial charge in [0.05, 0.1) is 12.2 Å². The van der Waals surface area contributed by atoms with Crippen molar-refractivity contribution in [3.8, 4) is 11.1 Å². The van der Waals surface area contributed by atoms with Gasteiger partial charge in [-0.3, -0.25) is 9.78 Å². The Morgan fingerprint density at radius 2 is 2.07 bits per heavy atom. The van der Waals surface area contributed by atoms with E-state index in [0.29, 0.717) is 31.2 Å². The van der Waals surface area contributed by atoms with Crippen LogP contribution in [0.25, 0.3) is 11.1 Å². The lowest BCUT2D eigenvalue weighted by Gasteiger charge is -2.27. The highest BCUT2D eigenvalue weighted by molar-refractivity contribution is 5.77. The van der Waals surface area contributed by atoms with Crippen LogP contribution in [0.4, 0.5) is 17.6 Å². The number of nitrogens with zero attached hydrogens (tertiary/aromatic N) is 1. The van der Waals surface area contributed by atoms with Crippen LogP contribution in [0.15, 0.2) is 30.6 Å². The van der Waals surface area contributed by atoms with Gasteiger partial charge in [0.25, 0.3) is 0 Å². The van der Waals surface area contributed by atoms with Gasteiger partial charge in [-0.15, -0.1) is 0 Å². The average molecular weight is 410 g/mol. The lowest BCUT2D eigenvalue weighted by molar-refractivity contribution is -0.137. The quantitative estimate of drug-likeness (QED) is 0.564. The highest BCUT2D eigenvalue weighted by Gasteiger charge is 2.32. The first-order valence-electron chi connectivity index (χ1n) is 9.40. The molecule has 0 bridgehead atoms. The number of ether oxygens (including phenoxy) is 1. The summed E-state index contributed by atoms with van der Waals surface area (Å²) in [5, 5.41) is 2.79. The molecule has 1 aliphatic carbocycles. The Morgan fingerprint density at radius 3 is 2.76 bits per heavy atom. The van der Waals surface area contributed by atoms with Crippen molar-refractivity contribution in [3.05, 3.63) is 53.1 Å². The highest BCUT2D eigenvalue weighted by atomic mass is 19.4. The van der Waals surface area contributed by atoms with Gasteiger partial charge in [0.2, 0.25) is 5.91 Å². The molecular weight excluding hydrogens is 388 g/mol. The number of hydrogen-bond donors (Lipinski definition) is 1. The molecule has 1 amide bonds. The van der Waals surface area contributed by atoms with Gasteiger partial charge in [0.15, 0.2) is 0 Å². The van der Waals surface area contributed by atoms with E-state index in [1.807, 2.05) is 0 Å². The maximum Gasteiger partial charge on any atom is 0.416 e. The number of rotatable bonds is 6. The maximum atomic E-state index is 14.5. The minimum Gasteiger partial charge on any atom is -0.383 e. The average Bonchev–Trinajstić information content (AvgIpc) is 2.67. The van der Waals surface area contributed by atoms with E-state index in [2.05, 4.69) is 10.3 Å². The molecule has 1 aromatic heterocycles. The first kappa shape index (κ1) is 21.2. The SMILES string of the molecule is COCCNC(=O)CC1CCCc2c(-c3ccc(C(F)(F)F)cc3F)cncc21. The Bertz CT molecular complexity index is 883. The number of hydrogen-bond acceptors (Lipinski definition) is 3. The van der Waals surface area contributed by atoms with Crippen molar-refractivity contribution in [2.45, 2.75) is 37.8 Å². The number of benzene rings is 1. The third-order valence-corrected chi connectivity index (χ3v) is 5.16. The van der Waals surface area contributed by atoms with Crippen LogP contribution in [-0.2, 0) is 22.1 Å². The third-order valence-electron chi connectivity index (χ3n) is 5.16. The van der Waals surface area contributed by atoms with E-state index < -0.39 is 17.6 Å². The fraction of sp³-hybridized carbons (Fsp3) is 0.429. The van der Waals surface area contributed by atoms with Crippen molar-refractivity contribution >= 4 is 5.91 Å². The number of aromatic nitrogens is 1. The van der Waals surface area contributed by atoms with Crippen molar-refractivity contribution < 1.29 is 27.1 Å². The summed E-state index contributed by atoms with van der Waals surface area (Å²) < 4.78 is 57.9. The Balaban J connectivity index is 1.88. The molecule has 0 saturated carbocycles. The minimum absolute atomic E-state index is 0.0637. The molecule has 1 atom stereocenters. The molecule has 1 N–H and O–H groups in total. The van der Waals surface area contributed by atoms with E-state index in [1.165, 1.54) is 6.20 Å².